The van der Waals surface area contributed by atoms with Gasteiger partial charge in [-0.25, -0.2) is 0 Å². The zero-order valence-corrected chi connectivity index (χ0v) is 9.87. The Kier molecular flexibility index (Phi) is 3.80. The van der Waals surface area contributed by atoms with Crippen LogP contribution in [0.5, 0.6) is 5.75 Å². The molecule has 0 bridgehead atoms. The minimum absolute atomic E-state index is 0.142. The molecule has 1 aromatic rings. The maximum Gasteiger partial charge on any atom is 0.161 e. The fraction of sp³-hybridized carbons (Fsp3) is 0.500. The Bertz CT molecular complexity index is 334. The van der Waals surface area contributed by atoms with Crippen molar-refractivity contribution in [1.29, 1.82) is 0 Å². The van der Waals surface area contributed by atoms with Crippen molar-refractivity contribution >= 4 is 12.7 Å². The molecule has 0 aliphatic carbocycles. The largest absolute Gasteiger partial charge is 0.497 e. The lowest BCUT2D eigenvalue weighted by Crippen LogP contribution is -2.28. The zero-order chi connectivity index (χ0) is 11.5. The van der Waals surface area contributed by atoms with Crippen LogP contribution in [0.2, 0.25) is 5.31 Å². The van der Waals surface area contributed by atoms with Crippen LogP contribution < -0.4 is 10.2 Å². The molecule has 1 radical (unpaired) electrons. The van der Waals surface area contributed by atoms with Gasteiger partial charge in [-0.3, -0.25) is 0 Å². The van der Waals surface area contributed by atoms with E-state index < -0.39 is 0 Å². The van der Waals surface area contributed by atoms with Crippen LogP contribution in [0, 0.1) is 6.92 Å². The van der Waals surface area contributed by atoms with Gasteiger partial charge in [0.15, 0.2) is 7.28 Å². The normalized spacial score (nSPS) is 11.3. The molecule has 0 amide bonds. The number of hydrogen-bond donors (Lipinski definition) is 1. The first-order chi connectivity index (χ1) is 6.98. The highest BCUT2D eigenvalue weighted by atomic mass is 16.5. The molecule has 0 saturated carbocycles. The van der Waals surface area contributed by atoms with Crippen LogP contribution in [0.4, 0.5) is 0 Å². The van der Waals surface area contributed by atoms with Crippen molar-refractivity contribution in [3.63, 3.8) is 0 Å². The van der Waals surface area contributed by atoms with Gasteiger partial charge in [-0.15, -0.1) is 0 Å². The predicted molar refractivity (Wildman–Crippen MR) is 64.2 cm³/mol. The van der Waals surface area contributed by atoms with Gasteiger partial charge in [-0.2, -0.15) is 0 Å². The summed E-state index contributed by atoms with van der Waals surface area (Å²) in [5, 5.41) is 8.98. The molecule has 0 aliphatic rings. The molecule has 1 aromatic carbocycles. The van der Waals surface area contributed by atoms with Gasteiger partial charge < -0.3 is 9.84 Å². The number of aryl methyl sites for hydroxylation is 1. The van der Waals surface area contributed by atoms with E-state index in [2.05, 4.69) is 7.28 Å². The average Bonchev–Trinajstić information content (AvgIpc) is 2.20. The average molecular weight is 205 g/mol. The van der Waals surface area contributed by atoms with E-state index in [0.717, 1.165) is 16.8 Å². The van der Waals surface area contributed by atoms with E-state index in [1.807, 2.05) is 39.0 Å². The Balaban J connectivity index is 2.87. The van der Waals surface area contributed by atoms with Gasteiger partial charge in [0.2, 0.25) is 0 Å². The number of aliphatic hydroxyl groups is 1. The molecule has 81 valence electrons. The van der Waals surface area contributed by atoms with Crippen molar-refractivity contribution in [1.82, 2.24) is 0 Å². The molecule has 0 aliphatic heterocycles. The summed E-state index contributed by atoms with van der Waals surface area (Å²) < 4.78 is 5.25. The summed E-state index contributed by atoms with van der Waals surface area (Å²) in [7, 11) is 3.72. The van der Waals surface area contributed by atoms with Gasteiger partial charge in [-0.1, -0.05) is 31.4 Å². The van der Waals surface area contributed by atoms with E-state index in [1.165, 1.54) is 0 Å². The van der Waals surface area contributed by atoms with E-state index in [4.69, 9.17) is 4.74 Å². The lowest BCUT2D eigenvalue weighted by Gasteiger charge is -2.20. The summed E-state index contributed by atoms with van der Waals surface area (Å²) in [5.41, 5.74) is 2.20. The van der Waals surface area contributed by atoms with Crippen molar-refractivity contribution in [2.75, 3.05) is 13.7 Å². The number of hydrogen-bond acceptors (Lipinski definition) is 2. The van der Waals surface area contributed by atoms with Crippen LogP contribution in [-0.4, -0.2) is 26.1 Å². The first kappa shape index (κ1) is 12.1. The summed E-state index contributed by atoms with van der Waals surface area (Å²) in [6.07, 6.45) is 0. The molecular weight excluding hydrogens is 187 g/mol. The van der Waals surface area contributed by atoms with Crippen LogP contribution in [0.15, 0.2) is 18.2 Å². The van der Waals surface area contributed by atoms with Crippen LogP contribution in [-0.2, 0) is 0 Å². The maximum absolute atomic E-state index is 9.17. The van der Waals surface area contributed by atoms with Gasteiger partial charge in [0, 0.05) is 6.61 Å². The van der Waals surface area contributed by atoms with Crippen molar-refractivity contribution in [2.45, 2.75) is 26.1 Å². The van der Waals surface area contributed by atoms with Crippen LogP contribution in [0.25, 0.3) is 0 Å². The van der Waals surface area contributed by atoms with Crippen molar-refractivity contribution in [3.05, 3.63) is 23.8 Å². The molecule has 0 heterocycles. The summed E-state index contributed by atoms with van der Waals surface area (Å²) in [6.45, 7) is 6.15. The molecule has 1 N–H and O–H groups in total. The van der Waals surface area contributed by atoms with Crippen LogP contribution in [0.1, 0.15) is 19.4 Å². The fourth-order valence-electron chi connectivity index (χ4n) is 1.42. The summed E-state index contributed by atoms with van der Waals surface area (Å²) in [6, 6.07) is 6.06. The Morgan fingerprint density at radius 3 is 2.60 bits per heavy atom. The van der Waals surface area contributed by atoms with Crippen molar-refractivity contribution in [2.24, 2.45) is 0 Å². The number of methoxy groups -OCH3 is 1. The van der Waals surface area contributed by atoms with Gasteiger partial charge in [0.25, 0.3) is 0 Å². The third-order valence-corrected chi connectivity index (χ3v) is 2.40. The zero-order valence-electron chi connectivity index (χ0n) is 9.87. The van der Waals surface area contributed by atoms with Crippen LogP contribution >= 0.6 is 0 Å². The summed E-state index contributed by atoms with van der Waals surface area (Å²) in [4.78, 5) is 0. The first-order valence-corrected chi connectivity index (χ1v) is 5.10. The summed E-state index contributed by atoms with van der Waals surface area (Å²) >= 11 is 0. The highest BCUT2D eigenvalue weighted by Crippen LogP contribution is 2.21. The number of rotatable bonds is 4. The molecule has 0 spiro atoms. The fourth-order valence-corrected chi connectivity index (χ4v) is 1.42. The quantitative estimate of drug-likeness (QED) is 0.755. The molecule has 0 unspecified atom stereocenters. The summed E-state index contributed by atoms with van der Waals surface area (Å²) in [5.74, 6) is 0.887. The standard InChI is InChI=1S/C12H18BO2/c1-9-5-6-10(7-11(9)15-4)13-12(2,3)8-14/h5-7,14H,8H2,1-4H3. The molecule has 3 heteroatoms. The Labute approximate surface area is 92.5 Å². The molecule has 1 rings (SSSR count). The highest BCUT2D eigenvalue weighted by molar-refractivity contribution is 6.56. The minimum Gasteiger partial charge on any atom is -0.497 e. The smallest absolute Gasteiger partial charge is 0.161 e. The Morgan fingerprint density at radius 2 is 2.07 bits per heavy atom. The second-order valence-electron chi connectivity index (χ2n) is 4.52. The monoisotopic (exact) mass is 205 g/mol. The lowest BCUT2D eigenvalue weighted by atomic mass is 9.50. The third kappa shape index (κ3) is 3.27. The predicted octanol–water partition coefficient (Wildman–Crippen LogP) is 1.52. The van der Waals surface area contributed by atoms with E-state index in [0.29, 0.717) is 0 Å². The van der Waals surface area contributed by atoms with E-state index >= 15 is 0 Å². The van der Waals surface area contributed by atoms with Gasteiger partial charge in [0.05, 0.1) is 7.11 Å². The van der Waals surface area contributed by atoms with Gasteiger partial charge >= 0.3 is 0 Å². The Hall–Kier alpha value is -0.955. The van der Waals surface area contributed by atoms with Gasteiger partial charge in [-0.05, 0) is 23.9 Å². The number of aliphatic hydroxyl groups excluding tert-OH is 1. The molecule has 0 saturated heterocycles. The second-order valence-corrected chi connectivity index (χ2v) is 4.52. The Morgan fingerprint density at radius 1 is 1.40 bits per heavy atom. The minimum atomic E-state index is -0.194. The second kappa shape index (κ2) is 4.71. The van der Waals surface area contributed by atoms with E-state index in [1.54, 1.807) is 7.11 Å². The molecule has 2 nitrogen and oxygen atoms in total. The van der Waals surface area contributed by atoms with Gasteiger partial charge in [0.1, 0.15) is 5.75 Å². The maximum atomic E-state index is 9.17. The van der Waals surface area contributed by atoms with Crippen molar-refractivity contribution < 1.29 is 9.84 Å². The lowest BCUT2D eigenvalue weighted by molar-refractivity contribution is 0.256. The number of benzene rings is 1. The topological polar surface area (TPSA) is 29.5 Å². The third-order valence-electron chi connectivity index (χ3n) is 2.40. The number of ether oxygens (including phenoxy) is 1. The SMILES string of the molecule is COc1cc([B]C(C)(C)CO)ccc1C. The highest BCUT2D eigenvalue weighted by Gasteiger charge is 2.19. The van der Waals surface area contributed by atoms with E-state index in [-0.39, 0.29) is 11.9 Å². The molecule has 0 aromatic heterocycles. The van der Waals surface area contributed by atoms with Crippen LogP contribution in [0.3, 0.4) is 0 Å². The van der Waals surface area contributed by atoms with E-state index in [9.17, 15) is 5.11 Å². The molecular formula is C12H18BO2. The molecule has 0 atom stereocenters. The van der Waals surface area contributed by atoms with Crippen molar-refractivity contribution in [3.8, 4) is 5.75 Å². The molecule has 0 fully saturated rings. The molecule has 15 heavy (non-hydrogen) atoms. The first-order valence-electron chi connectivity index (χ1n) is 5.10.